The largest absolute Gasteiger partial charge is 0.515 e. The van der Waals surface area contributed by atoms with Crippen molar-refractivity contribution in [2.24, 2.45) is 0 Å². The van der Waals surface area contributed by atoms with E-state index in [1.165, 1.54) is 35.5 Å². The summed E-state index contributed by atoms with van der Waals surface area (Å²) in [6.07, 6.45) is 8.32. The predicted octanol–water partition coefficient (Wildman–Crippen LogP) is 4.37. The zero-order valence-corrected chi connectivity index (χ0v) is 20.8. The third kappa shape index (κ3) is 6.19. The summed E-state index contributed by atoms with van der Waals surface area (Å²) in [4.78, 5) is 27.4. The van der Waals surface area contributed by atoms with E-state index in [4.69, 9.17) is 4.74 Å². The maximum atomic E-state index is 14.9. The number of piperidine rings is 1. The summed E-state index contributed by atoms with van der Waals surface area (Å²) >= 11 is 0. The highest BCUT2D eigenvalue weighted by Gasteiger charge is 2.45. The van der Waals surface area contributed by atoms with Crippen LogP contribution in [0.25, 0.3) is 0 Å². The highest BCUT2D eigenvalue weighted by Crippen LogP contribution is 2.37. The summed E-state index contributed by atoms with van der Waals surface area (Å²) in [5, 5.41) is 12.1. The van der Waals surface area contributed by atoms with E-state index in [9.17, 15) is 23.5 Å². The Labute approximate surface area is 206 Å². The van der Waals surface area contributed by atoms with E-state index in [0.29, 0.717) is 25.8 Å². The van der Waals surface area contributed by atoms with Crippen LogP contribution in [-0.4, -0.2) is 71.0 Å². The molecule has 1 heterocycles. The van der Waals surface area contributed by atoms with Crippen LogP contribution in [0.5, 0.6) is 5.75 Å². The van der Waals surface area contributed by atoms with E-state index in [-0.39, 0.29) is 35.8 Å². The summed E-state index contributed by atoms with van der Waals surface area (Å²) in [5.41, 5.74) is -0.861. The van der Waals surface area contributed by atoms with Crippen molar-refractivity contribution >= 4 is 12.2 Å². The first-order chi connectivity index (χ1) is 16.8. The zero-order chi connectivity index (χ0) is 25.4. The Bertz CT molecular complexity index is 912. The molecule has 0 unspecified atom stereocenters. The fourth-order valence-electron chi connectivity index (χ4n) is 5.17. The molecule has 7 nitrogen and oxygen atoms in total. The summed E-state index contributed by atoms with van der Waals surface area (Å²) in [6, 6.07) is 2.79. The third-order valence-corrected chi connectivity index (χ3v) is 7.35. The Hall–Kier alpha value is -2.52. The number of benzene rings is 1. The molecule has 1 aromatic carbocycles. The van der Waals surface area contributed by atoms with E-state index in [1.54, 1.807) is 7.05 Å². The lowest BCUT2D eigenvalue weighted by Crippen LogP contribution is -2.60. The van der Waals surface area contributed by atoms with Gasteiger partial charge in [-0.3, -0.25) is 19.5 Å². The van der Waals surface area contributed by atoms with Gasteiger partial charge in [0.25, 0.3) is 0 Å². The van der Waals surface area contributed by atoms with Crippen LogP contribution in [0.3, 0.4) is 0 Å². The number of aliphatic hydroxyl groups excluding tert-OH is 1. The standard InChI is InChI=1S/C26H37F2N3O4/c1-20(18-32)25(34)26(11-5-3-6-12-26)29(2)31(19-33)17-21-9-10-22(24(28)23(21)27)35-16-15-30-13-7-4-8-14-30/h9-10,18-19,32H,3-8,11-17H2,1-2H3. The number of aliphatic hydroxyl groups is 1. The molecule has 35 heavy (non-hydrogen) atoms. The molecule has 1 saturated carbocycles. The number of carbonyl (C=O) groups excluding carboxylic acids is 2. The second-order valence-electron chi connectivity index (χ2n) is 9.56. The molecular weight excluding hydrogens is 456 g/mol. The van der Waals surface area contributed by atoms with Gasteiger partial charge in [0.2, 0.25) is 12.2 Å². The number of Topliss-reactive ketones (excluding diaryl/α,β-unsaturated/α-hetero) is 1. The van der Waals surface area contributed by atoms with Crippen molar-refractivity contribution in [3.8, 4) is 5.75 Å². The number of likely N-dealkylation sites (N-methyl/N-ethyl adjacent to an activating group) is 1. The van der Waals surface area contributed by atoms with Gasteiger partial charge in [-0.05, 0) is 51.8 Å². The molecule has 1 amide bonds. The van der Waals surface area contributed by atoms with Gasteiger partial charge in [0.15, 0.2) is 17.3 Å². The number of likely N-dealkylation sites (tertiary alicyclic amines) is 1. The zero-order valence-electron chi connectivity index (χ0n) is 20.8. The fourth-order valence-corrected chi connectivity index (χ4v) is 5.17. The molecule has 1 aromatic rings. The number of amides is 1. The molecule has 2 aliphatic rings. The lowest BCUT2D eigenvalue weighted by Gasteiger charge is -2.47. The highest BCUT2D eigenvalue weighted by atomic mass is 19.2. The summed E-state index contributed by atoms with van der Waals surface area (Å²) < 4.78 is 35.2. The van der Waals surface area contributed by atoms with Crippen LogP contribution in [0, 0.1) is 11.6 Å². The number of carbonyl (C=O) groups is 2. The van der Waals surface area contributed by atoms with Gasteiger partial charge in [-0.2, -0.15) is 4.39 Å². The van der Waals surface area contributed by atoms with E-state index < -0.39 is 17.2 Å². The first-order valence-electron chi connectivity index (χ1n) is 12.5. The first kappa shape index (κ1) is 27.1. The molecule has 3 rings (SSSR count). The second kappa shape index (κ2) is 12.4. The van der Waals surface area contributed by atoms with Crippen LogP contribution < -0.4 is 4.74 Å². The normalized spacial score (nSPS) is 18.9. The molecule has 194 valence electrons. The van der Waals surface area contributed by atoms with Crippen molar-refractivity contribution in [3.63, 3.8) is 0 Å². The van der Waals surface area contributed by atoms with Crippen molar-refractivity contribution in [1.29, 1.82) is 0 Å². The molecule has 0 radical (unpaired) electrons. The van der Waals surface area contributed by atoms with Crippen molar-refractivity contribution in [3.05, 3.63) is 41.2 Å². The highest BCUT2D eigenvalue weighted by molar-refractivity contribution is 6.02. The third-order valence-electron chi connectivity index (χ3n) is 7.35. The molecule has 1 N–H and O–H groups in total. The minimum absolute atomic E-state index is 0.0161. The van der Waals surface area contributed by atoms with E-state index in [2.05, 4.69) is 4.90 Å². The number of rotatable bonds is 11. The molecular formula is C26H37F2N3O4. The Morgan fingerprint density at radius 3 is 2.40 bits per heavy atom. The molecule has 0 atom stereocenters. The van der Waals surface area contributed by atoms with Crippen LogP contribution >= 0.6 is 0 Å². The summed E-state index contributed by atoms with van der Waals surface area (Å²) in [6.45, 7) is 4.19. The van der Waals surface area contributed by atoms with Gasteiger partial charge in [-0.1, -0.05) is 31.7 Å². The van der Waals surface area contributed by atoms with Crippen LogP contribution in [0.4, 0.5) is 8.78 Å². The molecule has 0 bridgehead atoms. The number of halogens is 2. The van der Waals surface area contributed by atoms with E-state index >= 15 is 0 Å². The summed E-state index contributed by atoms with van der Waals surface area (Å²) in [7, 11) is 1.61. The minimum Gasteiger partial charge on any atom is -0.515 e. The topological polar surface area (TPSA) is 73.3 Å². The average molecular weight is 494 g/mol. The van der Waals surface area contributed by atoms with Crippen LogP contribution in [-0.2, 0) is 16.1 Å². The number of ether oxygens (including phenoxy) is 1. The maximum Gasteiger partial charge on any atom is 0.224 e. The predicted molar refractivity (Wildman–Crippen MR) is 129 cm³/mol. The first-order valence-corrected chi connectivity index (χ1v) is 12.5. The minimum atomic E-state index is -1.09. The smallest absolute Gasteiger partial charge is 0.224 e. The number of nitrogens with zero attached hydrogens (tertiary/aromatic N) is 3. The van der Waals surface area contributed by atoms with Gasteiger partial charge >= 0.3 is 0 Å². The van der Waals surface area contributed by atoms with Gasteiger partial charge < -0.3 is 9.84 Å². The van der Waals surface area contributed by atoms with Crippen LogP contribution in [0.1, 0.15) is 63.9 Å². The number of ketones is 1. The Balaban J connectivity index is 1.72. The number of hydrogen-bond donors (Lipinski definition) is 1. The van der Waals surface area contributed by atoms with Crippen LogP contribution in [0.2, 0.25) is 0 Å². The Morgan fingerprint density at radius 2 is 1.77 bits per heavy atom. The SMILES string of the molecule is CC(=CO)C(=O)C1(N(C)N(C=O)Cc2ccc(OCCN3CCCCC3)c(F)c2F)CCCCC1. The molecule has 2 fully saturated rings. The van der Waals surface area contributed by atoms with Crippen molar-refractivity contribution < 1.29 is 28.2 Å². The number of hydrazine groups is 1. The summed E-state index contributed by atoms with van der Waals surface area (Å²) in [5.74, 6) is -2.59. The Kier molecular flexibility index (Phi) is 9.63. The average Bonchev–Trinajstić information content (AvgIpc) is 2.90. The molecule has 1 aliphatic carbocycles. The molecule has 9 heteroatoms. The molecule has 0 aromatic heterocycles. The monoisotopic (exact) mass is 493 g/mol. The fraction of sp³-hybridized carbons (Fsp3) is 0.615. The molecule has 0 spiro atoms. The molecule has 1 aliphatic heterocycles. The Morgan fingerprint density at radius 1 is 1.11 bits per heavy atom. The van der Waals surface area contributed by atoms with E-state index in [1.807, 2.05) is 0 Å². The van der Waals surface area contributed by atoms with Gasteiger partial charge in [-0.15, -0.1) is 0 Å². The van der Waals surface area contributed by atoms with Gasteiger partial charge in [0.05, 0.1) is 12.8 Å². The lowest BCUT2D eigenvalue weighted by molar-refractivity contribution is -0.159. The van der Waals surface area contributed by atoms with E-state index in [0.717, 1.165) is 51.5 Å². The van der Waals surface area contributed by atoms with Gasteiger partial charge in [0.1, 0.15) is 12.1 Å². The van der Waals surface area contributed by atoms with Crippen LogP contribution in [0.15, 0.2) is 24.0 Å². The van der Waals surface area contributed by atoms with Crippen molar-refractivity contribution in [1.82, 2.24) is 14.9 Å². The quantitative estimate of drug-likeness (QED) is 0.214. The van der Waals surface area contributed by atoms with Crippen molar-refractivity contribution in [2.45, 2.75) is 70.4 Å². The molecule has 1 saturated heterocycles. The maximum absolute atomic E-state index is 14.9. The van der Waals surface area contributed by atoms with Gasteiger partial charge in [-0.25, -0.2) is 9.40 Å². The number of hydrogen-bond acceptors (Lipinski definition) is 6. The second-order valence-corrected chi connectivity index (χ2v) is 9.56. The van der Waals surface area contributed by atoms with Crippen molar-refractivity contribution in [2.75, 3.05) is 33.3 Å². The lowest BCUT2D eigenvalue weighted by atomic mass is 9.76. The van der Waals surface area contributed by atoms with Gasteiger partial charge in [0, 0.05) is 24.7 Å².